The van der Waals surface area contributed by atoms with E-state index in [1.54, 1.807) is 18.2 Å². The third-order valence-corrected chi connectivity index (χ3v) is 3.72. The van der Waals surface area contributed by atoms with Gasteiger partial charge in [0.05, 0.1) is 0 Å². The van der Waals surface area contributed by atoms with Gasteiger partial charge in [-0.3, -0.25) is 9.59 Å². The average Bonchev–Trinajstić information content (AvgIpc) is 2.48. The molecule has 1 amide bonds. The Morgan fingerprint density at radius 1 is 1.10 bits per heavy atom. The fraction of sp³-hybridized carbons (Fsp3) is 0.467. The van der Waals surface area contributed by atoms with E-state index in [2.05, 4.69) is 5.32 Å². The van der Waals surface area contributed by atoms with Gasteiger partial charge in [0.1, 0.15) is 19.0 Å². The maximum absolute atomic E-state index is 12.1. The number of hydrogen-bond acceptors (Lipinski definition) is 4. The van der Waals surface area contributed by atoms with Gasteiger partial charge in [0.2, 0.25) is 5.91 Å². The van der Waals surface area contributed by atoms with Gasteiger partial charge in [-0.15, -0.1) is 0 Å². The molecule has 1 heterocycles. The summed E-state index contributed by atoms with van der Waals surface area (Å²) in [6.45, 7) is 1.07. The van der Waals surface area contributed by atoms with E-state index in [1.807, 2.05) is 0 Å². The molecule has 1 saturated carbocycles. The number of nitrogens with one attached hydrogen (secondary N) is 1. The number of Topliss-reactive ketones (excluding diaryl/α,β-unsaturated/α-hetero) is 1. The van der Waals surface area contributed by atoms with E-state index in [0.29, 0.717) is 56.1 Å². The highest BCUT2D eigenvalue weighted by Gasteiger charge is 2.25. The standard InChI is InChI=1S/C15H17NO4/c17-12-4-1-10(2-5-12)15(18)16-11-3-6-13-14(9-11)20-8-7-19-13/h3,6,9-10H,1-2,4-5,7-8H2,(H,16,18). The number of ether oxygens (including phenoxy) is 2. The van der Waals surface area contributed by atoms with Crippen LogP contribution in [0, 0.1) is 5.92 Å². The first-order chi connectivity index (χ1) is 9.72. The Morgan fingerprint density at radius 3 is 2.55 bits per heavy atom. The molecule has 0 radical (unpaired) electrons. The molecule has 1 aliphatic carbocycles. The van der Waals surface area contributed by atoms with Crippen molar-refractivity contribution >= 4 is 17.4 Å². The van der Waals surface area contributed by atoms with Crippen molar-refractivity contribution in [1.29, 1.82) is 0 Å². The van der Waals surface area contributed by atoms with Gasteiger partial charge in [0, 0.05) is 30.5 Å². The third kappa shape index (κ3) is 2.76. The lowest BCUT2D eigenvalue weighted by Crippen LogP contribution is -2.27. The molecular weight excluding hydrogens is 258 g/mol. The van der Waals surface area contributed by atoms with Gasteiger partial charge < -0.3 is 14.8 Å². The largest absolute Gasteiger partial charge is 0.486 e. The summed E-state index contributed by atoms with van der Waals surface area (Å²) in [5.74, 6) is 1.54. The van der Waals surface area contributed by atoms with Gasteiger partial charge >= 0.3 is 0 Å². The molecule has 1 aliphatic heterocycles. The second-order valence-corrected chi connectivity index (χ2v) is 5.16. The van der Waals surface area contributed by atoms with Crippen LogP contribution in [-0.4, -0.2) is 24.9 Å². The molecule has 0 unspecified atom stereocenters. The van der Waals surface area contributed by atoms with Gasteiger partial charge in [-0.25, -0.2) is 0 Å². The summed E-state index contributed by atoms with van der Waals surface area (Å²) >= 11 is 0. The van der Waals surface area contributed by atoms with Gasteiger partial charge in [-0.1, -0.05) is 0 Å². The van der Waals surface area contributed by atoms with Crippen molar-refractivity contribution in [2.75, 3.05) is 18.5 Å². The van der Waals surface area contributed by atoms with Crippen molar-refractivity contribution in [2.24, 2.45) is 5.92 Å². The van der Waals surface area contributed by atoms with Crippen LogP contribution < -0.4 is 14.8 Å². The third-order valence-electron chi connectivity index (χ3n) is 3.72. The SMILES string of the molecule is O=C1CCC(C(=O)Nc2ccc3c(c2)OCCO3)CC1. The Bertz CT molecular complexity index is 531. The number of carbonyl (C=O) groups is 2. The van der Waals surface area contributed by atoms with Crippen LogP contribution in [0.5, 0.6) is 11.5 Å². The van der Waals surface area contributed by atoms with E-state index in [0.717, 1.165) is 0 Å². The van der Waals surface area contributed by atoms with Crippen LogP contribution in [0.2, 0.25) is 0 Å². The number of benzene rings is 1. The van der Waals surface area contributed by atoms with Gasteiger partial charge in [0.25, 0.3) is 0 Å². The van der Waals surface area contributed by atoms with E-state index in [1.165, 1.54) is 0 Å². The Morgan fingerprint density at radius 2 is 1.80 bits per heavy atom. The predicted molar refractivity (Wildman–Crippen MR) is 73.0 cm³/mol. The predicted octanol–water partition coefficient (Wildman–Crippen LogP) is 2.16. The van der Waals surface area contributed by atoms with Crippen molar-refractivity contribution < 1.29 is 19.1 Å². The molecule has 1 fully saturated rings. The summed E-state index contributed by atoms with van der Waals surface area (Å²) in [5, 5.41) is 2.89. The second kappa shape index (κ2) is 5.53. The number of hydrogen-bond donors (Lipinski definition) is 1. The number of carbonyl (C=O) groups excluding carboxylic acids is 2. The smallest absolute Gasteiger partial charge is 0.227 e. The first-order valence-corrected chi connectivity index (χ1v) is 6.94. The van der Waals surface area contributed by atoms with Gasteiger partial charge in [-0.05, 0) is 25.0 Å². The van der Waals surface area contributed by atoms with Crippen LogP contribution >= 0.6 is 0 Å². The Labute approximate surface area is 117 Å². The molecule has 1 N–H and O–H groups in total. The maximum atomic E-state index is 12.1. The summed E-state index contributed by atoms with van der Waals surface area (Å²) in [7, 11) is 0. The molecule has 0 bridgehead atoms. The van der Waals surface area contributed by atoms with Crippen LogP contribution in [0.15, 0.2) is 18.2 Å². The number of anilines is 1. The fourth-order valence-electron chi connectivity index (χ4n) is 2.57. The molecule has 0 spiro atoms. The molecule has 20 heavy (non-hydrogen) atoms. The van der Waals surface area contributed by atoms with Crippen molar-refractivity contribution in [1.82, 2.24) is 0 Å². The monoisotopic (exact) mass is 275 g/mol. The molecule has 5 heteroatoms. The van der Waals surface area contributed by atoms with Crippen molar-refractivity contribution in [2.45, 2.75) is 25.7 Å². The first kappa shape index (κ1) is 13.0. The van der Waals surface area contributed by atoms with Crippen molar-refractivity contribution in [3.05, 3.63) is 18.2 Å². The fourth-order valence-corrected chi connectivity index (χ4v) is 2.57. The number of amides is 1. The van der Waals surface area contributed by atoms with E-state index in [4.69, 9.17) is 9.47 Å². The first-order valence-electron chi connectivity index (χ1n) is 6.94. The Hall–Kier alpha value is -2.04. The summed E-state index contributed by atoms with van der Waals surface area (Å²) in [5.41, 5.74) is 0.705. The zero-order valence-corrected chi connectivity index (χ0v) is 11.2. The van der Waals surface area contributed by atoms with E-state index in [9.17, 15) is 9.59 Å². The highest BCUT2D eigenvalue weighted by Crippen LogP contribution is 2.33. The normalized spacial score (nSPS) is 18.7. The summed E-state index contributed by atoms with van der Waals surface area (Å²) < 4.78 is 10.9. The molecular formula is C15H17NO4. The van der Waals surface area contributed by atoms with Crippen molar-refractivity contribution in [3.8, 4) is 11.5 Å². The lowest BCUT2D eigenvalue weighted by Gasteiger charge is -2.21. The maximum Gasteiger partial charge on any atom is 0.227 e. The molecule has 5 nitrogen and oxygen atoms in total. The Kier molecular flexibility index (Phi) is 3.58. The van der Waals surface area contributed by atoms with Crippen LogP contribution in [0.3, 0.4) is 0 Å². The minimum atomic E-state index is -0.0686. The summed E-state index contributed by atoms with van der Waals surface area (Å²) in [4.78, 5) is 23.3. The molecule has 0 aromatic heterocycles. The average molecular weight is 275 g/mol. The second-order valence-electron chi connectivity index (χ2n) is 5.16. The highest BCUT2D eigenvalue weighted by atomic mass is 16.6. The molecule has 1 aromatic carbocycles. The van der Waals surface area contributed by atoms with E-state index >= 15 is 0 Å². The van der Waals surface area contributed by atoms with Crippen LogP contribution in [0.4, 0.5) is 5.69 Å². The number of fused-ring (bicyclic) bond motifs is 1. The highest BCUT2D eigenvalue weighted by molar-refractivity contribution is 5.94. The summed E-state index contributed by atoms with van der Waals surface area (Å²) in [6.07, 6.45) is 2.32. The van der Waals surface area contributed by atoms with Crippen LogP contribution in [0.25, 0.3) is 0 Å². The Balaban J connectivity index is 1.65. The summed E-state index contributed by atoms with van der Waals surface area (Å²) in [6, 6.07) is 5.38. The van der Waals surface area contributed by atoms with Crippen molar-refractivity contribution in [3.63, 3.8) is 0 Å². The topological polar surface area (TPSA) is 64.6 Å². The zero-order valence-electron chi connectivity index (χ0n) is 11.2. The van der Waals surface area contributed by atoms with E-state index in [-0.39, 0.29) is 17.6 Å². The van der Waals surface area contributed by atoms with E-state index < -0.39 is 0 Å². The molecule has 0 saturated heterocycles. The van der Waals surface area contributed by atoms with Gasteiger partial charge in [-0.2, -0.15) is 0 Å². The van der Waals surface area contributed by atoms with Gasteiger partial charge in [0.15, 0.2) is 11.5 Å². The number of rotatable bonds is 2. The quantitative estimate of drug-likeness (QED) is 0.898. The minimum absolute atomic E-state index is 0.0193. The molecule has 1 aromatic rings. The number of ketones is 1. The van der Waals surface area contributed by atoms with Crippen LogP contribution in [0.1, 0.15) is 25.7 Å². The lowest BCUT2D eigenvalue weighted by molar-refractivity contribution is -0.125. The van der Waals surface area contributed by atoms with Crippen LogP contribution in [-0.2, 0) is 9.59 Å². The lowest BCUT2D eigenvalue weighted by atomic mass is 9.88. The molecule has 106 valence electrons. The molecule has 3 rings (SSSR count). The molecule has 0 atom stereocenters. The molecule has 2 aliphatic rings. The zero-order chi connectivity index (χ0) is 13.9. The minimum Gasteiger partial charge on any atom is -0.486 e.